The average molecular weight is 224 g/mol. The van der Waals surface area contributed by atoms with Gasteiger partial charge in [-0.15, -0.1) is 0 Å². The Morgan fingerprint density at radius 3 is 2.81 bits per heavy atom. The van der Waals surface area contributed by atoms with Crippen molar-refractivity contribution in [2.24, 2.45) is 5.73 Å². The molecule has 0 bridgehead atoms. The molecule has 0 saturated carbocycles. The van der Waals surface area contributed by atoms with Crippen LogP contribution in [0.3, 0.4) is 0 Å². The number of nitro groups is 1. The summed E-state index contributed by atoms with van der Waals surface area (Å²) in [6.07, 6.45) is 1.28. The molecule has 0 aliphatic carbocycles. The fraction of sp³-hybridized carbons (Fsp3) is 0.455. The smallest absolute Gasteiger partial charge is 0.272 e. The zero-order chi connectivity index (χ0) is 12.0. The van der Waals surface area contributed by atoms with E-state index in [0.717, 1.165) is 5.56 Å². The third-order valence-corrected chi connectivity index (χ3v) is 2.35. The third kappa shape index (κ3) is 3.60. The highest BCUT2D eigenvalue weighted by Gasteiger charge is 2.13. The molecule has 16 heavy (non-hydrogen) atoms. The highest BCUT2D eigenvalue weighted by molar-refractivity contribution is 5.39. The van der Waals surface area contributed by atoms with Crippen LogP contribution in [-0.2, 0) is 11.2 Å². The third-order valence-electron chi connectivity index (χ3n) is 2.35. The van der Waals surface area contributed by atoms with Crippen molar-refractivity contribution < 1.29 is 9.66 Å². The second-order valence-electron chi connectivity index (χ2n) is 3.64. The van der Waals surface area contributed by atoms with Crippen molar-refractivity contribution in [2.75, 3.05) is 13.7 Å². The summed E-state index contributed by atoms with van der Waals surface area (Å²) in [4.78, 5) is 10.4. The van der Waals surface area contributed by atoms with Crippen LogP contribution in [0.4, 0.5) is 5.69 Å². The highest BCUT2D eigenvalue weighted by Crippen LogP contribution is 2.19. The molecule has 1 unspecified atom stereocenters. The molecular formula is C11H16N2O3. The summed E-state index contributed by atoms with van der Waals surface area (Å²) in [5.41, 5.74) is 6.64. The molecule has 1 atom stereocenters. The summed E-state index contributed by atoms with van der Waals surface area (Å²) in [5, 5.41) is 10.7. The van der Waals surface area contributed by atoms with Gasteiger partial charge >= 0.3 is 0 Å². The van der Waals surface area contributed by atoms with Crippen LogP contribution in [0, 0.1) is 10.1 Å². The van der Waals surface area contributed by atoms with E-state index in [-0.39, 0.29) is 16.7 Å². The first-order chi connectivity index (χ1) is 7.65. The number of nitro benzene ring substituents is 1. The minimum absolute atomic E-state index is 0.0789. The summed E-state index contributed by atoms with van der Waals surface area (Å²) in [5.74, 6) is 0. The van der Waals surface area contributed by atoms with E-state index < -0.39 is 0 Å². The van der Waals surface area contributed by atoms with Gasteiger partial charge in [0.1, 0.15) is 0 Å². The van der Waals surface area contributed by atoms with Crippen molar-refractivity contribution in [2.45, 2.75) is 18.9 Å². The van der Waals surface area contributed by atoms with Crippen LogP contribution in [0.2, 0.25) is 0 Å². The lowest BCUT2D eigenvalue weighted by Gasteiger charge is -2.09. The molecule has 5 heteroatoms. The van der Waals surface area contributed by atoms with Gasteiger partial charge in [-0.2, -0.15) is 0 Å². The van der Waals surface area contributed by atoms with E-state index in [4.69, 9.17) is 10.5 Å². The largest absolute Gasteiger partial charge is 0.383 e. The van der Waals surface area contributed by atoms with E-state index in [1.54, 1.807) is 25.3 Å². The molecule has 2 N–H and O–H groups in total. The van der Waals surface area contributed by atoms with Crippen LogP contribution in [0.25, 0.3) is 0 Å². The Balaban J connectivity index is 2.63. The van der Waals surface area contributed by atoms with Crippen molar-refractivity contribution in [3.63, 3.8) is 0 Å². The van der Waals surface area contributed by atoms with Crippen molar-refractivity contribution in [1.82, 2.24) is 0 Å². The molecule has 5 nitrogen and oxygen atoms in total. The summed E-state index contributed by atoms with van der Waals surface area (Å²) in [6.45, 7) is 0.473. The van der Waals surface area contributed by atoms with Gasteiger partial charge in [0, 0.05) is 24.8 Å². The molecule has 0 heterocycles. The van der Waals surface area contributed by atoms with Gasteiger partial charge in [0.15, 0.2) is 0 Å². The van der Waals surface area contributed by atoms with E-state index in [0.29, 0.717) is 19.4 Å². The van der Waals surface area contributed by atoms with Crippen LogP contribution in [-0.4, -0.2) is 24.7 Å². The normalized spacial score (nSPS) is 12.4. The predicted octanol–water partition coefficient (Wildman–Crippen LogP) is 1.50. The number of rotatable bonds is 6. The summed E-state index contributed by atoms with van der Waals surface area (Å²) < 4.78 is 4.91. The van der Waals surface area contributed by atoms with E-state index in [1.807, 2.05) is 0 Å². The van der Waals surface area contributed by atoms with E-state index >= 15 is 0 Å². The summed E-state index contributed by atoms with van der Waals surface area (Å²) in [6, 6.07) is 6.65. The Hall–Kier alpha value is -1.46. The number of hydrogen-bond donors (Lipinski definition) is 1. The van der Waals surface area contributed by atoms with Gasteiger partial charge in [0.05, 0.1) is 11.5 Å². The Morgan fingerprint density at radius 1 is 1.50 bits per heavy atom. The van der Waals surface area contributed by atoms with Crippen LogP contribution in [0.5, 0.6) is 0 Å². The molecule has 1 rings (SSSR count). The zero-order valence-electron chi connectivity index (χ0n) is 9.26. The number of nitrogens with zero attached hydrogens (tertiary/aromatic N) is 1. The Kier molecular flexibility index (Phi) is 4.88. The van der Waals surface area contributed by atoms with Crippen LogP contribution in [0.1, 0.15) is 12.0 Å². The van der Waals surface area contributed by atoms with Crippen molar-refractivity contribution in [3.8, 4) is 0 Å². The second-order valence-corrected chi connectivity index (χ2v) is 3.64. The number of nitrogens with two attached hydrogens (primary N) is 1. The van der Waals surface area contributed by atoms with Crippen molar-refractivity contribution in [3.05, 3.63) is 39.9 Å². The average Bonchev–Trinajstić information content (AvgIpc) is 2.27. The van der Waals surface area contributed by atoms with Gasteiger partial charge in [-0.1, -0.05) is 18.2 Å². The first kappa shape index (κ1) is 12.6. The fourth-order valence-corrected chi connectivity index (χ4v) is 1.54. The van der Waals surface area contributed by atoms with Crippen LogP contribution in [0.15, 0.2) is 24.3 Å². The SMILES string of the molecule is COCC(N)CCc1ccccc1[N+](=O)[O-]. The van der Waals surface area contributed by atoms with Gasteiger partial charge in [0.25, 0.3) is 5.69 Å². The maximum Gasteiger partial charge on any atom is 0.272 e. The zero-order valence-corrected chi connectivity index (χ0v) is 9.26. The summed E-state index contributed by atoms with van der Waals surface area (Å²) in [7, 11) is 1.59. The number of ether oxygens (including phenoxy) is 1. The van der Waals surface area contributed by atoms with Gasteiger partial charge in [-0.25, -0.2) is 0 Å². The Morgan fingerprint density at radius 2 is 2.19 bits per heavy atom. The molecule has 0 saturated heterocycles. The van der Waals surface area contributed by atoms with Crippen LogP contribution >= 0.6 is 0 Å². The maximum absolute atomic E-state index is 10.7. The highest BCUT2D eigenvalue weighted by atomic mass is 16.6. The molecule has 0 aliphatic heterocycles. The van der Waals surface area contributed by atoms with Gasteiger partial charge < -0.3 is 10.5 Å². The topological polar surface area (TPSA) is 78.4 Å². The molecule has 88 valence electrons. The van der Waals surface area contributed by atoms with E-state index in [1.165, 1.54) is 6.07 Å². The molecule has 0 aliphatic rings. The molecule has 0 fully saturated rings. The first-order valence-electron chi connectivity index (χ1n) is 5.12. The second kappa shape index (κ2) is 6.19. The molecule has 1 aromatic carbocycles. The van der Waals surface area contributed by atoms with Crippen molar-refractivity contribution in [1.29, 1.82) is 0 Å². The summed E-state index contributed by atoms with van der Waals surface area (Å²) >= 11 is 0. The Labute approximate surface area is 94.4 Å². The molecule has 1 aromatic rings. The minimum Gasteiger partial charge on any atom is -0.383 e. The number of aryl methyl sites for hydroxylation is 1. The monoisotopic (exact) mass is 224 g/mol. The van der Waals surface area contributed by atoms with E-state index in [9.17, 15) is 10.1 Å². The Bertz CT molecular complexity index is 355. The first-order valence-corrected chi connectivity index (χ1v) is 5.12. The molecule has 0 amide bonds. The number of methoxy groups -OCH3 is 1. The number of para-hydroxylation sites is 1. The van der Waals surface area contributed by atoms with Gasteiger partial charge in [-0.3, -0.25) is 10.1 Å². The fourth-order valence-electron chi connectivity index (χ4n) is 1.54. The minimum atomic E-state index is -0.364. The lowest BCUT2D eigenvalue weighted by molar-refractivity contribution is -0.385. The molecule has 0 spiro atoms. The van der Waals surface area contributed by atoms with E-state index in [2.05, 4.69) is 0 Å². The maximum atomic E-state index is 10.7. The quantitative estimate of drug-likeness (QED) is 0.586. The standard InChI is InChI=1S/C11H16N2O3/c1-16-8-10(12)7-6-9-4-2-3-5-11(9)13(14)15/h2-5,10H,6-8,12H2,1H3. The number of hydrogen-bond acceptors (Lipinski definition) is 4. The van der Waals surface area contributed by atoms with Crippen LogP contribution < -0.4 is 5.73 Å². The lowest BCUT2D eigenvalue weighted by Crippen LogP contribution is -2.26. The van der Waals surface area contributed by atoms with Gasteiger partial charge in [0.2, 0.25) is 0 Å². The number of benzene rings is 1. The lowest BCUT2D eigenvalue weighted by atomic mass is 10.0. The van der Waals surface area contributed by atoms with Crippen molar-refractivity contribution >= 4 is 5.69 Å². The predicted molar refractivity (Wildman–Crippen MR) is 61.3 cm³/mol. The van der Waals surface area contributed by atoms with Gasteiger partial charge in [-0.05, 0) is 12.8 Å². The molecule has 0 aromatic heterocycles. The molecular weight excluding hydrogens is 208 g/mol. The molecule has 0 radical (unpaired) electrons.